The fourth-order valence-electron chi connectivity index (χ4n) is 8.67. The van der Waals surface area contributed by atoms with Gasteiger partial charge in [-0.25, -0.2) is 0 Å². The number of carbonyl (C=O) groups is 5. The van der Waals surface area contributed by atoms with Crippen LogP contribution in [0.5, 0.6) is 0 Å². The molecule has 3 saturated heterocycles. The number of carbonyl (C=O) groups excluding carboxylic acids is 5. The lowest BCUT2D eigenvalue weighted by atomic mass is 9.84. The van der Waals surface area contributed by atoms with Crippen molar-refractivity contribution >= 4 is 63.9 Å². The summed E-state index contributed by atoms with van der Waals surface area (Å²) in [6.07, 6.45) is 0.926. The van der Waals surface area contributed by atoms with Gasteiger partial charge < -0.3 is 19.3 Å². The summed E-state index contributed by atoms with van der Waals surface area (Å²) in [6.45, 7) is 7.70. The summed E-state index contributed by atoms with van der Waals surface area (Å²) in [6, 6.07) is 25.8. The van der Waals surface area contributed by atoms with Gasteiger partial charge in [-0.1, -0.05) is 29.8 Å². The Bertz CT molecular complexity index is 2480. The van der Waals surface area contributed by atoms with E-state index < -0.39 is 35.1 Å². The molecule has 4 aromatic carbocycles. The molecule has 5 aliphatic rings. The monoisotopic (exact) mass is 812 g/mol. The smallest absolute Gasteiger partial charge is 0.262 e. The van der Waals surface area contributed by atoms with Crippen molar-refractivity contribution in [2.45, 2.75) is 56.8 Å². The number of hydrogen-bond donors (Lipinski definition) is 1. The molecular formula is C45H41ClN6O7. The van der Waals surface area contributed by atoms with Crippen molar-refractivity contribution in [1.29, 1.82) is 5.26 Å². The quantitative estimate of drug-likeness (QED) is 0.207. The molecule has 0 saturated carbocycles. The van der Waals surface area contributed by atoms with E-state index in [4.69, 9.17) is 21.1 Å². The number of nitrogens with zero attached hydrogens (tertiary/aromatic N) is 5. The van der Waals surface area contributed by atoms with Gasteiger partial charge in [-0.15, -0.1) is 0 Å². The molecule has 0 spiro atoms. The third kappa shape index (κ3) is 6.80. The van der Waals surface area contributed by atoms with Crippen LogP contribution in [0.3, 0.4) is 0 Å². The molecule has 3 fully saturated rings. The normalized spacial score (nSPS) is 21.4. The Balaban J connectivity index is 0.768. The highest BCUT2D eigenvalue weighted by Crippen LogP contribution is 2.47. The third-order valence-electron chi connectivity index (χ3n) is 12.1. The number of fused-ring (bicyclic) bond motifs is 2. The van der Waals surface area contributed by atoms with Crippen LogP contribution in [0.2, 0.25) is 5.02 Å². The minimum absolute atomic E-state index is 0.0558. The van der Waals surface area contributed by atoms with E-state index in [1.54, 1.807) is 35.2 Å². The van der Waals surface area contributed by atoms with E-state index in [-0.39, 0.29) is 42.1 Å². The molecule has 2 unspecified atom stereocenters. The Morgan fingerprint density at radius 2 is 1.58 bits per heavy atom. The molecule has 5 heterocycles. The van der Waals surface area contributed by atoms with Gasteiger partial charge in [0.15, 0.2) is 0 Å². The summed E-state index contributed by atoms with van der Waals surface area (Å²) in [5.74, 6) is -2.13. The van der Waals surface area contributed by atoms with Crippen molar-refractivity contribution < 1.29 is 33.4 Å². The van der Waals surface area contributed by atoms with Crippen LogP contribution in [0, 0.1) is 11.3 Å². The average molecular weight is 813 g/mol. The van der Waals surface area contributed by atoms with E-state index in [1.807, 2.05) is 32.0 Å². The van der Waals surface area contributed by atoms with Gasteiger partial charge in [0, 0.05) is 50.6 Å². The summed E-state index contributed by atoms with van der Waals surface area (Å²) >= 11 is 6.33. The molecule has 1 N–H and O–H groups in total. The van der Waals surface area contributed by atoms with E-state index in [9.17, 15) is 29.2 Å². The number of amides is 5. The summed E-state index contributed by atoms with van der Waals surface area (Å²) in [7, 11) is 0. The first-order valence-electron chi connectivity index (χ1n) is 19.8. The van der Waals surface area contributed by atoms with E-state index in [1.165, 1.54) is 0 Å². The molecule has 0 radical (unpaired) electrons. The van der Waals surface area contributed by atoms with Crippen molar-refractivity contribution in [3.8, 4) is 17.2 Å². The van der Waals surface area contributed by atoms with Gasteiger partial charge in [-0.05, 0) is 104 Å². The number of morpholine rings is 1. The Morgan fingerprint density at radius 1 is 0.847 bits per heavy atom. The van der Waals surface area contributed by atoms with Crippen LogP contribution < -0.4 is 20.0 Å². The van der Waals surface area contributed by atoms with E-state index in [2.05, 4.69) is 51.5 Å². The van der Waals surface area contributed by atoms with Crippen molar-refractivity contribution in [3.63, 3.8) is 0 Å². The van der Waals surface area contributed by atoms with Crippen molar-refractivity contribution in [2.75, 3.05) is 54.1 Å². The Kier molecular flexibility index (Phi) is 9.74. The number of piperidine rings is 1. The number of nitriles is 1. The van der Waals surface area contributed by atoms with Crippen LogP contribution in [0.4, 0.5) is 22.7 Å². The molecule has 59 heavy (non-hydrogen) atoms. The second-order valence-electron chi connectivity index (χ2n) is 16.1. The van der Waals surface area contributed by atoms with Gasteiger partial charge in [0.1, 0.15) is 12.1 Å². The second-order valence-corrected chi connectivity index (χ2v) is 16.5. The maximum Gasteiger partial charge on any atom is 0.262 e. The van der Waals surface area contributed by atoms with Gasteiger partial charge in [0.05, 0.1) is 57.3 Å². The highest BCUT2D eigenvalue weighted by Gasteiger charge is 2.46. The molecule has 2 atom stereocenters. The topological polar surface area (TPSA) is 153 Å². The van der Waals surface area contributed by atoms with Crippen LogP contribution in [0.1, 0.15) is 65.0 Å². The molecule has 0 bridgehead atoms. The zero-order valence-electron chi connectivity index (χ0n) is 32.6. The van der Waals surface area contributed by atoms with Gasteiger partial charge in [0.25, 0.3) is 11.8 Å². The molecule has 0 aliphatic carbocycles. The lowest BCUT2D eigenvalue weighted by Gasteiger charge is -2.41. The predicted molar refractivity (Wildman–Crippen MR) is 220 cm³/mol. The highest BCUT2D eigenvalue weighted by molar-refractivity contribution is 6.32. The maximum absolute atomic E-state index is 13.7. The fraction of sp³-hybridized carbons (Fsp3) is 0.333. The summed E-state index contributed by atoms with van der Waals surface area (Å²) < 4.78 is 12.3. The van der Waals surface area contributed by atoms with Crippen molar-refractivity contribution in [3.05, 3.63) is 106 Å². The zero-order chi connectivity index (χ0) is 41.2. The van der Waals surface area contributed by atoms with E-state index in [0.717, 1.165) is 51.7 Å². The van der Waals surface area contributed by atoms with Crippen molar-refractivity contribution in [2.24, 2.45) is 0 Å². The van der Waals surface area contributed by atoms with E-state index in [0.29, 0.717) is 49.0 Å². The average Bonchev–Trinajstić information content (AvgIpc) is 3.58. The first-order chi connectivity index (χ1) is 28.4. The first-order valence-corrected chi connectivity index (χ1v) is 20.2. The predicted octanol–water partition coefficient (Wildman–Crippen LogP) is 5.74. The van der Waals surface area contributed by atoms with Crippen molar-refractivity contribution in [1.82, 2.24) is 10.2 Å². The first kappa shape index (κ1) is 38.4. The maximum atomic E-state index is 13.7. The number of nitrogens with one attached hydrogen (secondary N) is 1. The number of rotatable bonds is 9. The van der Waals surface area contributed by atoms with Gasteiger partial charge in [-0.3, -0.25) is 39.1 Å². The molecule has 4 aromatic rings. The van der Waals surface area contributed by atoms with Crippen LogP contribution in [0.15, 0.2) is 78.9 Å². The number of hydrogen-bond acceptors (Lipinski definition) is 10. The number of benzene rings is 4. The molecule has 5 aliphatic heterocycles. The van der Waals surface area contributed by atoms with Gasteiger partial charge >= 0.3 is 0 Å². The summed E-state index contributed by atoms with van der Waals surface area (Å²) in [4.78, 5) is 71.3. The Hall–Kier alpha value is -6.07. The van der Waals surface area contributed by atoms with Gasteiger partial charge in [0.2, 0.25) is 17.7 Å². The molecular weight excluding hydrogens is 772 g/mol. The molecule has 300 valence electrons. The molecule has 5 amide bonds. The summed E-state index contributed by atoms with van der Waals surface area (Å²) in [5.41, 5.74) is 6.46. The lowest BCUT2D eigenvalue weighted by Crippen LogP contribution is -2.54. The number of halogens is 1. The Morgan fingerprint density at radius 3 is 2.32 bits per heavy atom. The summed E-state index contributed by atoms with van der Waals surface area (Å²) in [5, 5.41) is 11.8. The SMILES string of the molecule is CC1(C)C(=O)N(c2ccc(C#N)c(Cl)c2)c2ccc(-c3ccc(N4CC(OCCC5CN(c6ccc7c(c6)C(=O)N(C6CCC(=O)NC6=O)C7=O)CCO5)C4)cc3)cc21. The van der Waals surface area contributed by atoms with Crippen LogP contribution in [-0.2, 0) is 29.3 Å². The molecule has 14 heteroatoms. The third-order valence-corrected chi connectivity index (χ3v) is 12.4. The van der Waals surface area contributed by atoms with Crippen LogP contribution in [-0.4, -0.2) is 92.1 Å². The largest absolute Gasteiger partial charge is 0.374 e. The Labute approximate surface area is 346 Å². The second kappa shape index (κ2) is 14.9. The number of anilines is 4. The van der Waals surface area contributed by atoms with E-state index >= 15 is 0 Å². The molecule has 13 nitrogen and oxygen atoms in total. The molecule has 9 rings (SSSR count). The zero-order valence-corrected chi connectivity index (χ0v) is 33.3. The van der Waals surface area contributed by atoms with Gasteiger partial charge in [-0.2, -0.15) is 5.26 Å². The minimum Gasteiger partial charge on any atom is -0.374 e. The standard InChI is InChI=1S/C45H41ClN6O7/c1-45(2)36-19-27(6-12-38(36)51(44(45)57)31-9-5-28(22-47)37(46)21-31)26-3-7-29(8-4-26)50-24-33(25-50)58-17-15-32-23-49(16-18-59-32)30-10-11-34-35(20-30)43(56)52(42(34)55)39-13-14-40(53)48-41(39)54/h3-12,19-21,32-33,39H,13-18,23-25H2,1-2H3,(H,48,53,54). The van der Waals surface area contributed by atoms with Crippen LogP contribution in [0.25, 0.3) is 11.1 Å². The lowest BCUT2D eigenvalue weighted by molar-refractivity contribution is -0.136. The number of ether oxygens (including phenoxy) is 2. The number of imide groups is 2. The van der Waals surface area contributed by atoms with Crippen LogP contribution >= 0.6 is 11.6 Å². The highest BCUT2D eigenvalue weighted by atomic mass is 35.5. The fourth-order valence-corrected chi connectivity index (χ4v) is 8.89. The molecule has 0 aromatic heterocycles. The minimum atomic E-state index is -0.999.